The van der Waals surface area contributed by atoms with E-state index < -0.39 is 11.6 Å². The molecule has 1 atom stereocenters. The number of halogens is 2. The summed E-state index contributed by atoms with van der Waals surface area (Å²) in [6.07, 6.45) is 5.30. The maximum absolute atomic E-state index is 13.3. The number of hydrogen-bond acceptors (Lipinski definition) is 4. The zero-order chi connectivity index (χ0) is 18.8. The lowest BCUT2D eigenvalue weighted by atomic mass is 9.91. The van der Waals surface area contributed by atoms with Gasteiger partial charge in [-0.25, -0.2) is 18.7 Å². The second-order valence-electron chi connectivity index (χ2n) is 7.14. The van der Waals surface area contributed by atoms with Crippen LogP contribution < -0.4 is 5.56 Å². The third kappa shape index (κ3) is 4.05. The van der Waals surface area contributed by atoms with E-state index in [-0.39, 0.29) is 5.56 Å². The summed E-state index contributed by atoms with van der Waals surface area (Å²) >= 11 is 0. The van der Waals surface area contributed by atoms with Gasteiger partial charge in [-0.2, -0.15) is 4.52 Å². The fourth-order valence-corrected chi connectivity index (χ4v) is 3.78. The second kappa shape index (κ2) is 7.56. The monoisotopic (exact) mass is 373 g/mol. The number of nitrogens with one attached hydrogen (secondary N) is 1. The van der Waals surface area contributed by atoms with Crippen LogP contribution in [0.25, 0.3) is 5.78 Å². The first-order valence-electron chi connectivity index (χ1n) is 9.17. The largest absolute Gasteiger partial charge is 0.297 e. The molecule has 0 amide bonds. The van der Waals surface area contributed by atoms with Crippen LogP contribution >= 0.6 is 0 Å². The molecule has 0 aliphatic carbocycles. The summed E-state index contributed by atoms with van der Waals surface area (Å²) in [6, 6.07) is 5.66. The van der Waals surface area contributed by atoms with Gasteiger partial charge in [-0.1, -0.05) is 6.07 Å². The molecule has 0 radical (unpaired) electrons. The molecule has 0 saturated carbocycles. The molecule has 3 aromatic rings. The SMILES string of the molecule is O=c1cc(CN2CCC[C@H](CCc3ccc(F)c(F)c3)C2)nc2nc[nH]n12. The van der Waals surface area contributed by atoms with Crippen LogP contribution in [0.2, 0.25) is 0 Å². The number of H-pyrrole nitrogens is 1. The highest BCUT2D eigenvalue weighted by atomic mass is 19.2. The van der Waals surface area contributed by atoms with Crippen molar-refractivity contribution in [1.29, 1.82) is 0 Å². The van der Waals surface area contributed by atoms with E-state index in [2.05, 4.69) is 20.0 Å². The fourth-order valence-electron chi connectivity index (χ4n) is 3.78. The first-order chi connectivity index (χ1) is 13.1. The van der Waals surface area contributed by atoms with Crippen molar-refractivity contribution in [3.63, 3.8) is 0 Å². The Balaban J connectivity index is 1.37. The van der Waals surface area contributed by atoms with Gasteiger partial charge in [-0.05, 0) is 55.8 Å². The summed E-state index contributed by atoms with van der Waals surface area (Å²) in [6.45, 7) is 2.48. The highest BCUT2D eigenvalue weighted by molar-refractivity contribution is 5.26. The molecule has 0 unspecified atom stereocenters. The zero-order valence-electron chi connectivity index (χ0n) is 14.9. The Morgan fingerprint density at radius 2 is 2.11 bits per heavy atom. The lowest BCUT2D eigenvalue weighted by molar-refractivity contribution is 0.160. The number of piperidine rings is 1. The van der Waals surface area contributed by atoms with Crippen LogP contribution in [0.1, 0.15) is 30.5 Å². The van der Waals surface area contributed by atoms with Crippen molar-refractivity contribution < 1.29 is 8.78 Å². The van der Waals surface area contributed by atoms with Crippen molar-refractivity contribution in [2.75, 3.05) is 13.1 Å². The third-order valence-electron chi connectivity index (χ3n) is 5.13. The molecule has 4 rings (SSSR count). The summed E-state index contributed by atoms with van der Waals surface area (Å²) in [5, 5.41) is 2.73. The van der Waals surface area contributed by atoms with E-state index in [1.165, 1.54) is 29.0 Å². The average molecular weight is 373 g/mol. The molecule has 8 heteroatoms. The van der Waals surface area contributed by atoms with Gasteiger partial charge in [0, 0.05) is 19.2 Å². The van der Waals surface area contributed by atoms with Crippen molar-refractivity contribution in [2.45, 2.75) is 32.2 Å². The maximum Gasteiger partial charge on any atom is 0.274 e. The molecule has 1 N–H and O–H groups in total. The molecule has 6 nitrogen and oxygen atoms in total. The lowest BCUT2D eigenvalue weighted by Gasteiger charge is -2.32. The Hall–Kier alpha value is -2.61. The number of hydrogen-bond donors (Lipinski definition) is 1. The zero-order valence-corrected chi connectivity index (χ0v) is 14.9. The summed E-state index contributed by atoms with van der Waals surface area (Å²) in [5.74, 6) is -0.727. The maximum atomic E-state index is 13.3. The van der Waals surface area contributed by atoms with Crippen molar-refractivity contribution >= 4 is 5.78 Å². The molecule has 1 aliphatic rings. The number of benzene rings is 1. The minimum absolute atomic E-state index is 0.167. The quantitative estimate of drug-likeness (QED) is 0.746. The van der Waals surface area contributed by atoms with Crippen LogP contribution in [0, 0.1) is 17.6 Å². The van der Waals surface area contributed by atoms with Gasteiger partial charge in [0.2, 0.25) is 0 Å². The van der Waals surface area contributed by atoms with Gasteiger partial charge in [0.15, 0.2) is 11.6 Å². The summed E-state index contributed by atoms with van der Waals surface area (Å²) in [5.41, 5.74) is 1.37. The standard InChI is InChI=1S/C19H21F2N5O/c20-16-6-5-13(8-17(16)21)3-4-14-2-1-7-25(10-14)11-15-9-18(27)26-19(24-15)22-12-23-26/h5-6,8-9,12,14H,1-4,7,10-11H2,(H,22,23,24)/t14-/m1/s1. The first kappa shape index (κ1) is 17.8. The predicted octanol–water partition coefficient (Wildman–Crippen LogP) is 2.54. The van der Waals surface area contributed by atoms with Crippen molar-refractivity contribution in [1.82, 2.24) is 24.5 Å². The molecular weight excluding hydrogens is 352 g/mol. The number of rotatable bonds is 5. The Morgan fingerprint density at radius 3 is 2.96 bits per heavy atom. The van der Waals surface area contributed by atoms with Crippen LogP contribution in [0.4, 0.5) is 8.78 Å². The van der Waals surface area contributed by atoms with Crippen molar-refractivity contribution in [2.24, 2.45) is 5.92 Å². The number of aromatic amines is 1. The van der Waals surface area contributed by atoms with E-state index in [1.807, 2.05) is 0 Å². The second-order valence-corrected chi connectivity index (χ2v) is 7.14. The van der Waals surface area contributed by atoms with Crippen LogP contribution in [0.15, 0.2) is 35.4 Å². The molecular formula is C19H21F2N5O. The molecule has 1 aliphatic heterocycles. The summed E-state index contributed by atoms with van der Waals surface area (Å²) in [7, 11) is 0. The number of likely N-dealkylation sites (tertiary alicyclic amines) is 1. The molecule has 1 aromatic carbocycles. The number of aromatic nitrogens is 4. The lowest BCUT2D eigenvalue weighted by Crippen LogP contribution is -2.35. The number of nitrogens with zero attached hydrogens (tertiary/aromatic N) is 4. The van der Waals surface area contributed by atoms with Gasteiger partial charge in [-0.15, -0.1) is 0 Å². The Morgan fingerprint density at radius 1 is 1.22 bits per heavy atom. The molecule has 27 heavy (non-hydrogen) atoms. The van der Waals surface area contributed by atoms with Gasteiger partial charge in [0.05, 0.1) is 5.69 Å². The molecule has 1 saturated heterocycles. The van der Waals surface area contributed by atoms with Crippen LogP contribution in [0.5, 0.6) is 0 Å². The van der Waals surface area contributed by atoms with Crippen LogP contribution in [-0.4, -0.2) is 37.6 Å². The van der Waals surface area contributed by atoms with E-state index in [9.17, 15) is 13.6 Å². The normalized spacial score (nSPS) is 18.2. The fraction of sp³-hybridized carbons (Fsp3) is 0.421. The van der Waals surface area contributed by atoms with Crippen molar-refractivity contribution in [3.05, 3.63) is 63.8 Å². The van der Waals surface area contributed by atoms with Gasteiger partial charge >= 0.3 is 0 Å². The molecule has 3 heterocycles. The Kier molecular flexibility index (Phi) is 4.98. The van der Waals surface area contributed by atoms with E-state index in [0.717, 1.165) is 44.3 Å². The summed E-state index contributed by atoms with van der Waals surface area (Å²) in [4.78, 5) is 22.8. The smallest absolute Gasteiger partial charge is 0.274 e. The van der Waals surface area contributed by atoms with Gasteiger partial charge in [0.25, 0.3) is 11.3 Å². The minimum Gasteiger partial charge on any atom is -0.297 e. The van der Waals surface area contributed by atoms with E-state index in [1.54, 1.807) is 6.07 Å². The van der Waals surface area contributed by atoms with E-state index in [4.69, 9.17) is 0 Å². The van der Waals surface area contributed by atoms with Gasteiger partial charge in [-0.3, -0.25) is 14.8 Å². The van der Waals surface area contributed by atoms with E-state index in [0.29, 0.717) is 23.9 Å². The molecule has 142 valence electrons. The van der Waals surface area contributed by atoms with Gasteiger partial charge < -0.3 is 0 Å². The topological polar surface area (TPSA) is 66.3 Å². The summed E-state index contributed by atoms with van der Waals surface area (Å²) < 4.78 is 27.7. The number of aryl methyl sites for hydroxylation is 1. The third-order valence-corrected chi connectivity index (χ3v) is 5.13. The highest BCUT2D eigenvalue weighted by Crippen LogP contribution is 2.23. The van der Waals surface area contributed by atoms with Crippen LogP contribution in [0.3, 0.4) is 0 Å². The van der Waals surface area contributed by atoms with Gasteiger partial charge in [0.1, 0.15) is 6.33 Å². The van der Waals surface area contributed by atoms with E-state index >= 15 is 0 Å². The minimum atomic E-state index is -0.806. The molecule has 1 fully saturated rings. The highest BCUT2D eigenvalue weighted by Gasteiger charge is 2.21. The van der Waals surface area contributed by atoms with Crippen molar-refractivity contribution in [3.8, 4) is 0 Å². The average Bonchev–Trinajstić information content (AvgIpc) is 3.12. The number of fused-ring (bicyclic) bond motifs is 1. The molecule has 2 aromatic heterocycles. The predicted molar refractivity (Wildman–Crippen MR) is 96.3 cm³/mol. The molecule has 0 spiro atoms. The molecule has 0 bridgehead atoms. The Bertz CT molecular complexity index is 999. The Labute approximate surface area is 154 Å². The van der Waals surface area contributed by atoms with Crippen LogP contribution in [-0.2, 0) is 13.0 Å². The first-order valence-corrected chi connectivity index (χ1v) is 9.17.